The molecule has 0 aromatic rings. The van der Waals surface area contributed by atoms with Gasteiger partial charge in [-0.05, 0) is 45.4 Å². The number of ether oxygens (including phenoxy) is 2. The van der Waals surface area contributed by atoms with Gasteiger partial charge in [0.1, 0.15) is 5.60 Å². The van der Waals surface area contributed by atoms with Gasteiger partial charge >= 0.3 is 12.1 Å². The van der Waals surface area contributed by atoms with Crippen LogP contribution in [-0.2, 0) is 14.3 Å². The van der Waals surface area contributed by atoms with E-state index < -0.39 is 11.7 Å². The van der Waals surface area contributed by atoms with Crippen molar-refractivity contribution in [3.05, 3.63) is 0 Å². The minimum Gasteiger partial charge on any atom is -0.469 e. The molecule has 1 aliphatic carbocycles. The molecule has 124 valence electrons. The van der Waals surface area contributed by atoms with Crippen molar-refractivity contribution in [2.24, 2.45) is 23.5 Å². The summed E-state index contributed by atoms with van der Waals surface area (Å²) in [6, 6.07) is 0. The zero-order valence-corrected chi connectivity index (χ0v) is 14.3. The summed E-state index contributed by atoms with van der Waals surface area (Å²) < 4.78 is 9.33. The van der Waals surface area contributed by atoms with Crippen molar-refractivity contribution in [3.63, 3.8) is 0 Å². The minimum absolute atomic E-state index is 0.0421. The number of amides is 1. The Labute approximate surface area is 128 Å². The quantitative estimate of drug-likeness (QED) is 0.792. The van der Waals surface area contributed by atoms with Gasteiger partial charge in [0, 0.05) is 0 Å². The van der Waals surface area contributed by atoms with E-state index in [1.54, 1.807) is 20.8 Å². The van der Waals surface area contributed by atoms with Crippen molar-refractivity contribution >= 4 is 12.1 Å². The van der Waals surface area contributed by atoms with Crippen LogP contribution in [0.4, 0.5) is 4.79 Å². The van der Waals surface area contributed by atoms with Crippen LogP contribution in [0.1, 0.15) is 60.3 Å². The summed E-state index contributed by atoms with van der Waals surface area (Å²) in [6.45, 7) is 9.57. The van der Waals surface area contributed by atoms with Crippen molar-refractivity contribution in [1.29, 1.82) is 0 Å². The number of nitrogens with two attached hydrogens (primary N) is 1. The first kappa shape index (κ1) is 19.7. The molecule has 0 aromatic carbocycles. The maximum atomic E-state index is 11.3. The van der Waals surface area contributed by atoms with Crippen LogP contribution in [0.25, 0.3) is 0 Å². The molecule has 1 aliphatic rings. The molecule has 1 unspecified atom stereocenters. The molecule has 5 heteroatoms. The summed E-state index contributed by atoms with van der Waals surface area (Å²) in [5, 5.41) is 0. The smallest absolute Gasteiger partial charge is 0.405 e. The number of rotatable bonds is 2. The maximum Gasteiger partial charge on any atom is 0.405 e. The van der Waals surface area contributed by atoms with Gasteiger partial charge in [0.2, 0.25) is 0 Å². The summed E-state index contributed by atoms with van der Waals surface area (Å²) in [4.78, 5) is 21.3. The maximum absolute atomic E-state index is 11.3. The first-order valence-electron chi connectivity index (χ1n) is 7.63. The molecule has 0 bridgehead atoms. The zero-order chi connectivity index (χ0) is 16.6. The average Bonchev–Trinajstić information content (AvgIpc) is 2.35. The summed E-state index contributed by atoms with van der Waals surface area (Å²) in [7, 11) is 1.48. The Kier molecular flexibility index (Phi) is 8.37. The number of hydrogen-bond acceptors (Lipinski definition) is 4. The normalized spacial score (nSPS) is 23.3. The molecular weight excluding hydrogens is 270 g/mol. The topological polar surface area (TPSA) is 78.6 Å². The van der Waals surface area contributed by atoms with Crippen molar-refractivity contribution < 1.29 is 19.1 Å². The third-order valence-corrected chi connectivity index (χ3v) is 3.75. The first-order chi connectivity index (χ1) is 9.56. The highest BCUT2D eigenvalue weighted by atomic mass is 16.6. The van der Waals surface area contributed by atoms with E-state index in [-0.39, 0.29) is 11.9 Å². The van der Waals surface area contributed by atoms with Gasteiger partial charge in [-0.15, -0.1) is 0 Å². The van der Waals surface area contributed by atoms with Gasteiger partial charge in [0.05, 0.1) is 13.0 Å². The SMILES string of the molecule is CC(C)(C)OC(N)=O.COC(=O)C(C)C1CCC(C)CC1. The summed E-state index contributed by atoms with van der Waals surface area (Å²) in [5.74, 6) is 1.46. The van der Waals surface area contributed by atoms with E-state index in [0.717, 1.165) is 5.92 Å². The van der Waals surface area contributed by atoms with Crippen LogP contribution < -0.4 is 5.73 Å². The van der Waals surface area contributed by atoms with Gasteiger partial charge in [-0.2, -0.15) is 0 Å². The Morgan fingerprint density at radius 1 is 1.14 bits per heavy atom. The number of hydrogen-bond donors (Lipinski definition) is 1. The molecule has 0 saturated heterocycles. The molecule has 1 amide bonds. The van der Waals surface area contributed by atoms with Gasteiger partial charge in [-0.3, -0.25) is 4.79 Å². The molecule has 1 atom stereocenters. The Hall–Kier alpha value is -1.26. The number of esters is 1. The van der Waals surface area contributed by atoms with Crippen molar-refractivity contribution in [3.8, 4) is 0 Å². The Morgan fingerprint density at radius 3 is 1.90 bits per heavy atom. The monoisotopic (exact) mass is 301 g/mol. The lowest BCUT2D eigenvalue weighted by Crippen LogP contribution is -2.27. The number of carbonyl (C=O) groups excluding carboxylic acids is 2. The lowest BCUT2D eigenvalue weighted by Gasteiger charge is -2.29. The Balaban J connectivity index is 0.000000433. The predicted molar refractivity (Wildman–Crippen MR) is 82.7 cm³/mol. The second-order valence-corrected chi connectivity index (χ2v) is 6.87. The molecule has 21 heavy (non-hydrogen) atoms. The van der Waals surface area contributed by atoms with Crippen LogP contribution in [0.15, 0.2) is 0 Å². The third-order valence-electron chi connectivity index (χ3n) is 3.75. The molecule has 1 saturated carbocycles. The fraction of sp³-hybridized carbons (Fsp3) is 0.875. The average molecular weight is 301 g/mol. The highest BCUT2D eigenvalue weighted by Crippen LogP contribution is 2.33. The first-order valence-corrected chi connectivity index (χ1v) is 7.63. The van der Waals surface area contributed by atoms with Crippen LogP contribution >= 0.6 is 0 Å². The second-order valence-electron chi connectivity index (χ2n) is 6.87. The van der Waals surface area contributed by atoms with Gasteiger partial charge in [-0.25, -0.2) is 4.79 Å². The lowest BCUT2D eigenvalue weighted by atomic mass is 9.77. The number of primary amides is 1. The molecular formula is C16H31NO4. The van der Waals surface area contributed by atoms with Crippen molar-refractivity contribution in [2.45, 2.75) is 65.9 Å². The zero-order valence-electron chi connectivity index (χ0n) is 14.3. The molecule has 0 aliphatic heterocycles. The van der Waals surface area contributed by atoms with E-state index in [9.17, 15) is 9.59 Å². The minimum atomic E-state index is -0.725. The van der Waals surface area contributed by atoms with E-state index in [4.69, 9.17) is 10.5 Å². The molecule has 0 heterocycles. The van der Waals surface area contributed by atoms with Gasteiger partial charge < -0.3 is 15.2 Å². The lowest BCUT2D eigenvalue weighted by molar-refractivity contribution is -0.147. The van der Waals surface area contributed by atoms with Crippen LogP contribution in [0.3, 0.4) is 0 Å². The molecule has 1 fully saturated rings. The third kappa shape index (κ3) is 9.32. The van der Waals surface area contributed by atoms with E-state index in [1.807, 2.05) is 6.92 Å². The van der Waals surface area contributed by atoms with Crippen molar-refractivity contribution in [2.75, 3.05) is 7.11 Å². The molecule has 0 radical (unpaired) electrons. The van der Waals surface area contributed by atoms with E-state index in [0.29, 0.717) is 5.92 Å². The largest absolute Gasteiger partial charge is 0.469 e. The fourth-order valence-corrected chi connectivity index (χ4v) is 2.47. The highest BCUT2D eigenvalue weighted by Gasteiger charge is 2.27. The summed E-state index contributed by atoms with van der Waals surface area (Å²) >= 11 is 0. The van der Waals surface area contributed by atoms with E-state index in [2.05, 4.69) is 11.7 Å². The number of carbonyl (C=O) groups is 2. The van der Waals surface area contributed by atoms with Crippen molar-refractivity contribution in [1.82, 2.24) is 0 Å². The summed E-state index contributed by atoms with van der Waals surface area (Å²) in [5.41, 5.74) is 4.26. The highest BCUT2D eigenvalue weighted by molar-refractivity contribution is 5.72. The standard InChI is InChI=1S/C11H20O2.C5H11NO2/c1-8-4-6-10(7-5-8)9(2)11(12)13-3;1-5(2,3)8-4(6)7/h8-10H,4-7H2,1-3H3;1-3H3,(H2,6,7). The molecule has 1 rings (SSSR count). The van der Waals surface area contributed by atoms with Gasteiger partial charge in [0.15, 0.2) is 0 Å². The predicted octanol–water partition coefficient (Wildman–Crippen LogP) is 3.50. The molecule has 2 N–H and O–H groups in total. The fourth-order valence-electron chi connectivity index (χ4n) is 2.47. The summed E-state index contributed by atoms with van der Waals surface area (Å²) in [6.07, 6.45) is 4.20. The molecule has 5 nitrogen and oxygen atoms in total. The second kappa shape index (κ2) is 8.90. The van der Waals surface area contributed by atoms with Crippen LogP contribution in [-0.4, -0.2) is 24.8 Å². The Morgan fingerprint density at radius 2 is 1.62 bits per heavy atom. The van der Waals surface area contributed by atoms with E-state index in [1.165, 1.54) is 32.8 Å². The van der Waals surface area contributed by atoms with Crippen LogP contribution in [0.5, 0.6) is 0 Å². The molecule has 0 spiro atoms. The van der Waals surface area contributed by atoms with Gasteiger partial charge in [-0.1, -0.05) is 26.7 Å². The van der Waals surface area contributed by atoms with Crippen LogP contribution in [0, 0.1) is 17.8 Å². The van der Waals surface area contributed by atoms with E-state index >= 15 is 0 Å². The molecule has 0 aromatic heterocycles. The van der Waals surface area contributed by atoms with Gasteiger partial charge in [0.25, 0.3) is 0 Å². The number of methoxy groups -OCH3 is 1. The van der Waals surface area contributed by atoms with Crippen LogP contribution in [0.2, 0.25) is 0 Å². The Bertz CT molecular complexity index is 328.